The minimum atomic E-state index is -0.891. The van der Waals surface area contributed by atoms with E-state index < -0.39 is 17.5 Å². The molecule has 20 heavy (non-hydrogen) atoms. The van der Waals surface area contributed by atoms with Crippen molar-refractivity contribution in [1.82, 2.24) is 0 Å². The number of methoxy groups -OCH3 is 1. The van der Waals surface area contributed by atoms with E-state index in [1.54, 1.807) is 12.1 Å². The van der Waals surface area contributed by atoms with Gasteiger partial charge in [-0.2, -0.15) is 0 Å². The molecule has 1 fully saturated rings. The van der Waals surface area contributed by atoms with Crippen LogP contribution < -0.4 is 4.74 Å². The molecule has 1 aliphatic rings. The zero-order chi connectivity index (χ0) is 15.1. The van der Waals surface area contributed by atoms with Gasteiger partial charge in [-0.25, -0.2) is 4.39 Å². The summed E-state index contributed by atoms with van der Waals surface area (Å²) in [5, 5.41) is 10.6. The molecule has 0 aliphatic carbocycles. The van der Waals surface area contributed by atoms with E-state index in [9.17, 15) is 9.50 Å². The van der Waals surface area contributed by atoms with E-state index in [1.807, 2.05) is 27.7 Å². The average Bonchev–Trinajstić information content (AvgIpc) is 2.56. The maximum absolute atomic E-state index is 14.1. The van der Waals surface area contributed by atoms with Gasteiger partial charge in [-0.1, -0.05) is 0 Å². The summed E-state index contributed by atoms with van der Waals surface area (Å²) in [7, 11) is 1.49. The van der Waals surface area contributed by atoms with Crippen molar-refractivity contribution in [1.29, 1.82) is 0 Å². The molecule has 1 aromatic carbocycles. The van der Waals surface area contributed by atoms with Crippen LogP contribution in [0.3, 0.4) is 0 Å². The van der Waals surface area contributed by atoms with E-state index in [-0.39, 0.29) is 11.5 Å². The molecule has 0 aromatic heterocycles. The first-order valence-corrected chi connectivity index (χ1v) is 6.88. The summed E-state index contributed by atoms with van der Waals surface area (Å²) in [5.41, 5.74) is -0.502. The molecule has 0 bridgehead atoms. The Hall–Kier alpha value is -1.13. The number of hydrogen-bond donors (Lipinski definition) is 1. The number of aliphatic hydroxyl groups is 1. The molecule has 1 heterocycles. The first-order chi connectivity index (χ1) is 9.16. The Kier molecular flexibility index (Phi) is 3.82. The van der Waals surface area contributed by atoms with Gasteiger partial charge >= 0.3 is 0 Å². The van der Waals surface area contributed by atoms with Crippen LogP contribution in [0.25, 0.3) is 0 Å². The average molecular weight is 282 g/mol. The van der Waals surface area contributed by atoms with Gasteiger partial charge in [0.05, 0.1) is 24.4 Å². The molecule has 4 heteroatoms. The second-order valence-electron chi connectivity index (χ2n) is 6.61. The summed E-state index contributed by atoms with van der Waals surface area (Å²) < 4.78 is 25.1. The third kappa shape index (κ3) is 2.81. The van der Waals surface area contributed by atoms with Crippen LogP contribution in [-0.2, 0) is 4.74 Å². The Morgan fingerprint density at radius 1 is 1.35 bits per heavy atom. The molecule has 1 aliphatic heterocycles. The van der Waals surface area contributed by atoms with Gasteiger partial charge in [0.25, 0.3) is 0 Å². The van der Waals surface area contributed by atoms with Crippen molar-refractivity contribution in [3.63, 3.8) is 0 Å². The molecule has 2 atom stereocenters. The highest BCUT2D eigenvalue weighted by Gasteiger charge is 2.49. The maximum Gasteiger partial charge on any atom is 0.132 e. The van der Waals surface area contributed by atoms with Gasteiger partial charge in [0.1, 0.15) is 11.6 Å². The highest BCUT2D eigenvalue weighted by atomic mass is 19.1. The molecule has 0 spiro atoms. The largest absolute Gasteiger partial charge is 0.497 e. The van der Waals surface area contributed by atoms with E-state index in [0.29, 0.717) is 17.7 Å². The lowest BCUT2D eigenvalue weighted by atomic mass is 9.80. The van der Waals surface area contributed by atoms with Crippen molar-refractivity contribution in [2.24, 2.45) is 5.92 Å². The third-order valence-corrected chi connectivity index (χ3v) is 4.05. The Balaban J connectivity index is 2.30. The van der Waals surface area contributed by atoms with Crippen LogP contribution in [-0.4, -0.2) is 23.4 Å². The monoisotopic (exact) mass is 282 g/mol. The number of aliphatic hydroxyl groups excluding tert-OH is 1. The van der Waals surface area contributed by atoms with Crippen LogP contribution in [0.5, 0.6) is 5.75 Å². The van der Waals surface area contributed by atoms with Gasteiger partial charge in [0.2, 0.25) is 0 Å². The maximum atomic E-state index is 14.1. The minimum absolute atomic E-state index is 0.152. The minimum Gasteiger partial charge on any atom is -0.497 e. The third-order valence-electron chi connectivity index (χ3n) is 4.05. The zero-order valence-electron chi connectivity index (χ0n) is 12.7. The van der Waals surface area contributed by atoms with Crippen LogP contribution in [0, 0.1) is 11.7 Å². The molecule has 3 nitrogen and oxygen atoms in total. The predicted molar refractivity (Wildman–Crippen MR) is 75.3 cm³/mol. The van der Waals surface area contributed by atoms with E-state index in [1.165, 1.54) is 13.2 Å². The normalized spacial score (nSPS) is 25.4. The van der Waals surface area contributed by atoms with Gasteiger partial charge in [-0.15, -0.1) is 0 Å². The SMILES string of the molecule is COc1ccc(C(O)C2CC(C)(C)OC2(C)C)c(F)c1. The van der Waals surface area contributed by atoms with Gasteiger partial charge in [0, 0.05) is 17.5 Å². The lowest BCUT2D eigenvalue weighted by molar-refractivity contribution is -0.0882. The summed E-state index contributed by atoms with van der Waals surface area (Å²) in [4.78, 5) is 0. The number of halogens is 1. The molecule has 112 valence electrons. The van der Waals surface area contributed by atoms with Crippen molar-refractivity contribution in [3.05, 3.63) is 29.6 Å². The lowest BCUT2D eigenvalue weighted by Crippen LogP contribution is -2.33. The fourth-order valence-corrected chi connectivity index (χ4v) is 3.19. The molecule has 2 rings (SSSR count). The first-order valence-electron chi connectivity index (χ1n) is 6.88. The van der Waals surface area contributed by atoms with Crippen molar-refractivity contribution < 1.29 is 19.0 Å². The molecule has 0 amide bonds. The van der Waals surface area contributed by atoms with Crippen LogP contribution in [0.2, 0.25) is 0 Å². The summed E-state index contributed by atoms with van der Waals surface area (Å²) >= 11 is 0. The topological polar surface area (TPSA) is 38.7 Å². The van der Waals surface area contributed by atoms with Crippen molar-refractivity contribution >= 4 is 0 Å². The van der Waals surface area contributed by atoms with Crippen LogP contribution >= 0.6 is 0 Å². The van der Waals surface area contributed by atoms with E-state index in [4.69, 9.17) is 9.47 Å². The quantitative estimate of drug-likeness (QED) is 0.922. The van der Waals surface area contributed by atoms with Gasteiger partial charge < -0.3 is 14.6 Å². The van der Waals surface area contributed by atoms with Crippen LogP contribution in [0.4, 0.5) is 4.39 Å². The molecule has 1 N–H and O–H groups in total. The fraction of sp³-hybridized carbons (Fsp3) is 0.625. The van der Waals surface area contributed by atoms with Gasteiger partial charge in [-0.3, -0.25) is 0 Å². The Labute approximate surface area is 119 Å². The summed E-state index contributed by atoms with van der Waals surface area (Å²) in [5.74, 6) is -0.154. The second-order valence-corrected chi connectivity index (χ2v) is 6.61. The predicted octanol–water partition coefficient (Wildman–Crippen LogP) is 3.46. The highest BCUT2D eigenvalue weighted by Crippen LogP contribution is 2.48. The first kappa shape index (κ1) is 15.3. The van der Waals surface area contributed by atoms with E-state index >= 15 is 0 Å². The molecular weight excluding hydrogens is 259 g/mol. The van der Waals surface area contributed by atoms with Gasteiger partial charge in [0.15, 0.2) is 0 Å². The second kappa shape index (κ2) is 5.01. The summed E-state index contributed by atoms with van der Waals surface area (Å²) in [6.45, 7) is 7.87. The Morgan fingerprint density at radius 3 is 2.45 bits per heavy atom. The zero-order valence-corrected chi connectivity index (χ0v) is 12.7. The lowest BCUT2D eigenvalue weighted by Gasteiger charge is -2.30. The summed E-state index contributed by atoms with van der Waals surface area (Å²) in [6.07, 6.45) is -0.204. The van der Waals surface area contributed by atoms with Crippen molar-refractivity contribution in [2.45, 2.75) is 51.4 Å². The smallest absolute Gasteiger partial charge is 0.132 e. The number of ether oxygens (including phenoxy) is 2. The fourth-order valence-electron chi connectivity index (χ4n) is 3.19. The molecule has 0 radical (unpaired) electrons. The number of benzene rings is 1. The molecule has 1 aromatic rings. The van der Waals surface area contributed by atoms with Crippen LogP contribution in [0.1, 0.15) is 45.8 Å². The summed E-state index contributed by atoms with van der Waals surface area (Å²) in [6, 6.07) is 4.54. The number of rotatable bonds is 3. The number of hydrogen-bond acceptors (Lipinski definition) is 3. The van der Waals surface area contributed by atoms with Crippen LogP contribution in [0.15, 0.2) is 18.2 Å². The molecule has 2 unspecified atom stereocenters. The molecular formula is C16H23FO3. The standard InChI is InChI=1S/C16H23FO3/c1-15(2)9-12(16(3,4)20-15)14(18)11-7-6-10(19-5)8-13(11)17/h6-8,12,14,18H,9H2,1-5H3. The van der Waals surface area contributed by atoms with Gasteiger partial charge in [-0.05, 0) is 46.2 Å². The van der Waals surface area contributed by atoms with E-state index in [2.05, 4.69) is 0 Å². The Bertz CT molecular complexity index is 496. The van der Waals surface area contributed by atoms with E-state index in [0.717, 1.165) is 0 Å². The van der Waals surface area contributed by atoms with Crippen molar-refractivity contribution in [2.75, 3.05) is 7.11 Å². The van der Waals surface area contributed by atoms with Crippen molar-refractivity contribution in [3.8, 4) is 5.75 Å². The Morgan fingerprint density at radius 2 is 2.00 bits per heavy atom. The highest BCUT2D eigenvalue weighted by molar-refractivity contribution is 5.31. The molecule has 0 saturated carbocycles. The molecule has 1 saturated heterocycles.